The standard InChI is InChI=1S/C27H30N4OS/c28-18-9-10-19-31(27(32)30-26-29-24-15-7-8-16-25(24)33-26)20-17-23(21-11-3-1-4-12-21)22-13-5-2-6-14-22/h1-8,11-16,23H,9-10,17-20,28H2,(H,29,30,32). The largest absolute Gasteiger partial charge is 0.330 e. The van der Waals surface area contributed by atoms with Gasteiger partial charge in [-0.3, -0.25) is 5.32 Å². The fourth-order valence-electron chi connectivity index (χ4n) is 4.04. The van der Waals surface area contributed by atoms with Gasteiger partial charge in [0.05, 0.1) is 10.2 Å². The lowest BCUT2D eigenvalue weighted by Crippen LogP contribution is -2.37. The van der Waals surface area contributed by atoms with Crippen LogP contribution in [0.4, 0.5) is 9.93 Å². The first-order valence-electron chi connectivity index (χ1n) is 11.5. The Labute approximate surface area is 199 Å². The average Bonchev–Trinajstić information content (AvgIpc) is 3.26. The van der Waals surface area contributed by atoms with Gasteiger partial charge in [0.2, 0.25) is 0 Å². The van der Waals surface area contributed by atoms with Crippen LogP contribution in [0.15, 0.2) is 84.9 Å². The quantitative estimate of drug-likeness (QED) is 0.282. The lowest BCUT2D eigenvalue weighted by atomic mass is 9.88. The lowest BCUT2D eigenvalue weighted by Gasteiger charge is -2.26. The van der Waals surface area contributed by atoms with Gasteiger partial charge in [0.1, 0.15) is 0 Å². The number of hydrogen-bond acceptors (Lipinski definition) is 4. The Morgan fingerprint density at radius 1 is 0.879 bits per heavy atom. The molecule has 0 radical (unpaired) electrons. The minimum atomic E-state index is -0.106. The Hall–Kier alpha value is -3.22. The van der Waals surface area contributed by atoms with E-state index in [-0.39, 0.29) is 11.9 Å². The van der Waals surface area contributed by atoms with Crippen LogP contribution in [0.1, 0.15) is 36.3 Å². The summed E-state index contributed by atoms with van der Waals surface area (Å²) < 4.78 is 1.07. The molecule has 3 aromatic carbocycles. The Morgan fingerprint density at radius 3 is 2.15 bits per heavy atom. The van der Waals surface area contributed by atoms with E-state index in [0.717, 1.165) is 29.5 Å². The van der Waals surface area contributed by atoms with E-state index >= 15 is 0 Å². The number of hydrogen-bond donors (Lipinski definition) is 2. The molecule has 0 atom stereocenters. The molecular weight excluding hydrogens is 428 g/mol. The van der Waals surface area contributed by atoms with Crippen LogP contribution in [0.25, 0.3) is 10.2 Å². The van der Waals surface area contributed by atoms with Gasteiger partial charge in [0.25, 0.3) is 0 Å². The molecule has 0 unspecified atom stereocenters. The zero-order chi connectivity index (χ0) is 22.9. The molecule has 1 aromatic heterocycles. The van der Waals surface area contributed by atoms with Crippen LogP contribution >= 0.6 is 11.3 Å². The predicted octanol–water partition coefficient (Wildman–Crippen LogP) is 6.09. The highest BCUT2D eigenvalue weighted by molar-refractivity contribution is 7.22. The highest BCUT2D eigenvalue weighted by atomic mass is 32.1. The van der Waals surface area contributed by atoms with Crippen LogP contribution in [0, 0.1) is 0 Å². The second kappa shape index (κ2) is 11.6. The third-order valence-corrected chi connectivity index (χ3v) is 6.72. The predicted molar refractivity (Wildman–Crippen MR) is 138 cm³/mol. The van der Waals surface area contributed by atoms with E-state index in [4.69, 9.17) is 5.73 Å². The molecule has 4 aromatic rings. The SMILES string of the molecule is NCCCCN(CCC(c1ccccc1)c1ccccc1)C(=O)Nc1nc2ccccc2s1. The van der Waals surface area contributed by atoms with Crippen LogP contribution in [-0.2, 0) is 0 Å². The zero-order valence-corrected chi connectivity index (χ0v) is 19.5. The molecule has 6 heteroatoms. The van der Waals surface area contributed by atoms with Crippen molar-refractivity contribution in [1.82, 2.24) is 9.88 Å². The van der Waals surface area contributed by atoms with Crippen molar-refractivity contribution in [2.45, 2.75) is 25.2 Å². The van der Waals surface area contributed by atoms with Gasteiger partial charge in [-0.1, -0.05) is 84.1 Å². The van der Waals surface area contributed by atoms with Crippen molar-refractivity contribution in [2.24, 2.45) is 5.73 Å². The fourth-order valence-corrected chi connectivity index (χ4v) is 4.90. The second-order valence-corrected chi connectivity index (χ2v) is 9.09. The van der Waals surface area contributed by atoms with E-state index in [9.17, 15) is 4.79 Å². The van der Waals surface area contributed by atoms with Gasteiger partial charge in [-0.15, -0.1) is 0 Å². The number of nitrogens with one attached hydrogen (secondary N) is 1. The van der Waals surface area contributed by atoms with E-state index in [2.05, 4.69) is 58.8 Å². The molecule has 5 nitrogen and oxygen atoms in total. The topological polar surface area (TPSA) is 71.2 Å². The maximum atomic E-state index is 13.2. The molecule has 4 rings (SSSR count). The first-order chi connectivity index (χ1) is 16.2. The van der Waals surface area contributed by atoms with Gasteiger partial charge >= 0.3 is 6.03 Å². The monoisotopic (exact) mass is 458 g/mol. The maximum Gasteiger partial charge on any atom is 0.323 e. The molecule has 0 aliphatic carbocycles. The van der Waals surface area contributed by atoms with Crippen molar-refractivity contribution in [3.8, 4) is 0 Å². The number of fused-ring (bicyclic) bond motifs is 1. The molecule has 0 bridgehead atoms. The molecule has 2 amide bonds. The number of carbonyl (C=O) groups is 1. The highest BCUT2D eigenvalue weighted by Crippen LogP contribution is 2.29. The van der Waals surface area contributed by atoms with Crippen LogP contribution < -0.4 is 11.1 Å². The maximum absolute atomic E-state index is 13.2. The summed E-state index contributed by atoms with van der Waals surface area (Å²) in [6.07, 6.45) is 2.61. The molecule has 33 heavy (non-hydrogen) atoms. The number of nitrogens with zero attached hydrogens (tertiary/aromatic N) is 2. The minimum Gasteiger partial charge on any atom is -0.330 e. The van der Waals surface area contributed by atoms with E-state index in [1.807, 2.05) is 41.3 Å². The minimum absolute atomic E-state index is 0.106. The first kappa shape index (κ1) is 23.0. The van der Waals surface area contributed by atoms with Crippen LogP contribution in [-0.4, -0.2) is 35.5 Å². The summed E-state index contributed by atoms with van der Waals surface area (Å²) >= 11 is 1.50. The number of para-hydroxylation sites is 1. The summed E-state index contributed by atoms with van der Waals surface area (Å²) in [6.45, 7) is 1.95. The van der Waals surface area contributed by atoms with Gasteiger partial charge < -0.3 is 10.6 Å². The summed E-state index contributed by atoms with van der Waals surface area (Å²) in [6, 6.07) is 28.8. The van der Waals surface area contributed by atoms with E-state index in [0.29, 0.717) is 24.8 Å². The molecule has 0 saturated carbocycles. The molecule has 0 aliphatic rings. The number of anilines is 1. The van der Waals surface area contributed by atoms with Crippen molar-refractivity contribution in [3.63, 3.8) is 0 Å². The first-order valence-corrected chi connectivity index (χ1v) is 12.3. The van der Waals surface area contributed by atoms with Crippen molar-refractivity contribution in [2.75, 3.05) is 25.0 Å². The number of benzene rings is 3. The Kier molecular flexibility index (Phi) is 8.06. The molecule has 1 heterocycles. The molecule has 0 fully saturated rings. The summed E-state index contributed by atoms with van der Waals surface area (Å²) in [5.74, 6) is 0.222. The third-order valence-electron chi connectivity index (χ3n) is 5.77. The number of urea groups is 1. The number of nitrogens with two attached hydrogens (primary N) is 1. The van der Waals surface area contributed by atoms with Crippen molar-refractivity contribution in [3.05, 3.63) is 96.1 Å². The van der Waals surface area contributed by atoms with E-state index in [1.54, 1.807) is 0 Å². The smallest absolute Gasteiger partial charge is 0.323 e. The molecule has 0 spiro atoms. The average molecular weight is 459 g/mol. The summed E-state index contributed by atoms with van der Waals surface area (Å²) in [4.78, 5) is 19.7. The Balaban J connectivity index is 1.49. The number of rotatable bonds is 10. The van der Waals surface area contributed by atoms with Gasteiger partial charge in [-0.2, -0.15) is 0 Å². The Bertz CT molecular complexity index is 1070. The fraction of sp³-hybridized carbons (Fsp3) is 0.259. The van der Waals surface area contributed by atoms with Gasteiger partial charge in [0, 0.05) is 19.0 Å². The molecule has 170 valence electrons. The van der Waals surface area contributed by atoms with Gasteiger partial charge in [-0.05, 0) is 49.1 Å². The number of aromatic nitrogens is 1. The summed E-state index contributed by atoms with van der Waals surface area (Å²) in [5, 5.41) is 3.66. The van der Waals surface area contributed by atoms with Crippen LogP contribution in [0.2, 0.25) is 0 Å². The number of amides is 2. The number of carbonyl (C=O) groups excluding carboxylic acids is 1. The summed E-state index contributed by atoms with van der Waals surface area (Å²) in [7, 11) is 0. The lowest BCUT2D eigenvalue weighted by molar-refractivity contribution is 0.209. The number of unbranched alkanes of at least 4 members (excludes halogenated alkanes) is 1. The number of thiazole rings is 1. The van der Waals surface area contributed by atoms with Crippen LogP contribution in [0.5, 0.6) is 0 Å². The molecule has 0 saturated heterocycles. The van der Waals surface area contributed by atoms with E-state index in [1.165, 1.54) is 22.5 Å². The molecular formula is C27H30N4OS. The normalized spacial score (nSPS) is 11.1. The third kappa shape index (κ3) is 6.18. The van der Waals surface area contributed by atoms with Crippen molar-refractivity contribution >= 4 is 32.7 Å². The van der Waals surface area contributed by atoms with Crippen molar-refractivity contribution < 1.29 is 4.79 Å². The second-order valence-electron chi connectivity index (χ2n) is 8.06. The van der Waals surface area contributed by atoms with Gasteiger partial charge in [0.15, 0.2) is 5.13 Å². The van der Waals surface area contributed by atoms with Crippen LogP contribution in [0.3, 0.4) is 0 Å². The molecule has 3 N–H and O–H groups in total. The van der Waals surface area contributed by atoms with E-state index < -0.39 is 0 Å². The Morgan fingerprint density at radius 2 is 1.52 bits per heavy atom. The zero-order valence-electron chi connectivity index (χ0n) is 18.7. The molecule has 0 aliphatic heterocycles. The van der Waals surface area contributed by atoms with Crippen molar-refractivity contribution in [1.29, 1.82) is 0 Å². The highest BCUT2D eigenvalue weighted by Gasteiger charge is 2.20. The summed E-state index contributed by atoms with van der Waals surface area (Å²) in [5.41, 5.74) is 9.13. The van der Waals surface area contributed by atoms with Gasteiger partial charge in [-0.25, -0.2) is 9.78 Å².